The number of hydrogen-bond acceptors (Lipinski definition) is 3. The quantitative estimate of drug-likeness (QED) is 0.785. The van der Waals surface area contributed by atoms with Gasteiger partial charge in [0.15, 0.2) is 0 Å². The Hall–Kier alpha value is -0.640. The van der Waals surface area contributed by atoms with Gasteiger partial charge in [0.2, 0.25) is 0 Å². The molecule has 110 valence electrons. The first-order valence-corrected chi connectivity index (χ1v) is 7.88. The Morgan fingerprint density at radius 2 is 2.25 bits per heavy atom. The van der Waals surface area contributed by atoms with Crippen molar-refractivity contribution in [1.82, 2.24) is 10.3 Å². The fraction of sp³-hybridized carbons (Fsp3) is 0.688. The van der Waals surface area contributed by atoms with Gasteiger partial charge in [-0.15, -0.1) is 0 Å². The van der Waals surface area contributed by atoms with Gasteiger partial charge in [-0.1, -0.05) is 11.6 Å². The molecule has 1 aromatic heterocycles. The molecule has 1 N–H and O–H groups in total. The molecule has 3 rings (SSSR count). The van der Waals surface area contributed by atoms with Crippen molar-refractivity contribution >= 4 is 11.6 Å². The van der Waals surface area contributed by atoms with Crippen LogP contribution in [0.4, 0.5) is 0 Å². The predicted octanol–water partition coefficient (Wildman–Crippen LogP) is 2.93. The highest BCUT2D eigenvalue weighted by Crippen LogP contribution is 2.60. The van der Waals surface area contributed by atoms with Crippen molar-refractivity contribution in [2.75, 3.05) is 26.8 Å². The SMILES string of the molecule is COCCNCC1(Cc2ccncc2Cl)CC2CC2C1. The third-order valence-electron chi connectivity index (χ3n) is 4.86. The van der Waals surface area contributed by atoms with E-state index in [4.69, 9.17) is 16.3 Å². The van der Waals surface area contributed by atoms with E-state index in [0.29, 0.717) is 5.41 Å². The van der Waals surface area contributed by atoms with E-state index in [0.717, 1.165) is 43.0 Å². The van der Waals surface area contributed by atoms with E-state index in [2.05, 4.69) is 16.4 Å². The van der Waals surface area contributed by atoms with Crippen LogP contribution in [0.5, 0.6) is 0 Å². The van der Waals surface area contributed by atoms with Crippen molar-refractivity contribution in [2.45, 2.75) is 25.7 Å². The van der Waals surface area contributed by atoms with Gasteiger partial charge in [0, 0.05) is 32.6 Å². The van der Waals surface area contributed by atoms with E-state index in [1.165, 1.54) is 24.8 Å². The Bertz CT molecular complexity index is 456. The summed E-state index contributed by atoms with van der Waals surface area (Å²) in [6, 6.07) is 2.07. The molecule has 0 radical (unpaired) electrons. The van der Waals surface area contributed by atoms with Gasteiger partial charge in [0.25, 0.3) is 0 Å². The van der Waals surface area contributed by atoms with Crippen molar-refractivity contribution in [2.24, 2.45) is 17.3 Å². The lowest BCUT2D eigenvalue weighted by atomic mass is 9.77. The van der Waals surface area contributed by atoms with E-state index < -0.39 is 0 Å². The van der Waals surface area contributed by atoms with E-state index in [-0.39, 0.29) is 0 Å². The summed E-state index contributed by atoms with van der Waals surface area (Å²) in [5.41, 5.74) is 1.63. The second-order valence-corrected chi connectivity index (χ2v) is 6.88. The summed E-state index contributed by atoms with van der Waals surface area (Å²) in [5, 5.41) is 4.38. The molecule has 2 aliphatic carbocycles. The van der Waals surface area contributed by atoms with Crippen molar-refractivity contribution in [1.29, 1.82) is 0 Å². The monoisotopic (exact) mass is 294 g/mol. The van der Waals surface area contributed by atoms with Crippen molar-refractivity contribution in [3.05, 3.63) is 29.0 Å². The van der Waals surface area contributed by atoms with Crippen LogP contribution >= 0.6 is 11.6 Å². The third-order valence-corrected chi connectivity index (χ3v) is 5.20. The molecule has 20 heavy (non-hydrogen) atoms. The second kappa shape index (κ2) is 6.00. The molecule has 0 spiro atoms. The lowest BCUT2D eigenvalue weighted by Gasteiger charge is -2.32. The van der Waals surface area contributed by atoms with Gasteiger partial charge < -0.3 is 10.1 Å². The van der Waals surface area contributed by atoms with Crippen LogP contribution in [-0.4, -0.2) is 31.8 Å². The Morgan fingerprint density at radius 1 is 1.45 bits per heavy atom. The van der Waals surface area contributed by atoms with E-state index in [9.17, 15) is 0 Å². The minimum atomic E-state index is 0.381. The molecule has 2 saturated carbocycles. The van der Waals surface area contributed by atoms with Crippen LogP contribution in [0.25, 0.3) is 0 Å². The number of fused-ring (bicyclic) bond motifs is 1. The van der Waals surface area contributed by atoms with Crippen LogP contribution in [0.1, 0.15) is 24.8 Å². The molecule has 3 nitrogen and oxygen atoms in total. The summed E-state index contributed by atoms with van der Waals surface area (Å²) >= 11 is 6.29. The fourth-order valence-corrected chi connectivity index (χ4v) is 4.02. The molecule has 0 bridgehead atoms. The maximum absolute atomic E-state index is 6.29. The molecule has 2 aliphatic rings. The van der Waals surface area contributed by atoms with Crippen LogP contribution in [-0.2, 0) is 11.2 Å². The zero-order valence-electron chi connectivity index (χ0n) is 12.1. The summed E-state index contributed by atoms with van der Waals surface area (Å²) in [6.07, 6.45) is 8.82. The second-order valence-electron chi connectivity index (χ2n) is 6.48. The summed E-state index contributed by atoms with van der Waals surface area (Å²) in [4.78, 5) is 4.09. The zero-order chi connectivity index (χ0) is 14.0. The number of nitrogens with one attached hydrogen (secondary N) is 1. The van der Waals surface area contributed by atoms with E-state index in [1.807, 2.05) is 6.20 Å². The molecule has 1 aromatic rings. The molecular weight excluding hydrogens is 272 g/mol. The lowest BCUT2D eigenvalue weighted by molar-refractivity contribution is 0.186. The number of nitrogens with zero attached hydrogens (tertiary/aromatic N) is 1. The third kappa shape index (κ3) is 3.16. The Labute approximate surface area is 126 Å². The molecular formula is C16H23ClN2O. The van der Waals surface area contributed by atoms with Crippen molar-refractivity contribution in [3.63, 3.8) is 0 Å². The minimum Gasteiger partial charge on any atom is -0.383 e. The topological polar surface area (TPSA) is 34.1 Å². The van der Waals surface area contributed by atoms with Crippen molar-refractivity contribution < 1.29 is 4.74 Å². The van der Waals surface area contributed by atoms with E-state index in [1.54, 1.807) is 13.3 Å². The highest BCUT2D eigenvalue weighted by Gasteiger charge is 2.53. The lowest BCUT2D eigenvalue weighted by Crippen LogP contribution is -2.36. The summed E-state index contributed by atoms with van der Waals surface area (Å²) in [7, 11) is 1.75. The predicted molar refractivity (Wildman–Crippen MR) is 81.0 cm³/mol. The maximum atomic E-state index is 6.29. The van der Waals surface area contributed by atoms with Gasteiger partial charge in [-0.3, -0.25) is 4.98 Å². The fourth-order valence-electron chi connectivity index (χ4n) is 3.84. The number of rotatable bonds is 7. The maximum Gasteiger partial charge on any atom is 0.0621 e. The van der Waals surface area contributed by atoms with Crippen LogP contribution < -0.4 is 5.32 Å². The van der Waals surface area contributed by atoms with Gasteiger partial charge in [0.1, 0.15) is 0 Å². The van der Waals surface area contributed by atoms with Gasteiger partial charge in [-0.25, -0.2) is 0 Å². The molecule has 0 saturated heterocycles. The molecule has 1 heterocycles. The molecule has 2 atom stereocenters. The van der Waals surface area contributed by atoms with Gasteiger partial charge in [-0.2, -0.15) is 0 Å². The largest absolute Gasteiger partial charge is 0.383 e. The summed E-state index contributed by atoms with van der Waals surface area (Å²) in [6.45, 7) is 2.78. The smallest absolute Gasteiger partial charge is 0.0621 e. The highest BCUT2D eigenvalue weighted by atomic mass is 35.5. The van der Waals surface area contributed by atoms with Gasteiger partial charge in [-0.05, 0) is 54.6 Å². The minimum absolute atomic E-state index is 0.381. The first-order valence-electron chi connectivity index (χ1n) is 7.50. The molecule has 0 amide bonds. The number of ether oxygens (including phenoxy) is 1. The average Bonchev–Trinajstić information content (AvgIpc) is 3.06. The first kappa shape index (κ1) is 14.3. The summed E-state index contributed by atoms with van der Waals surface area (Å²) < 4.78 is 5.11. The van der Waals surface area contributed by atoms with Crippen LogP contribution in [0.15, 0.2) is 18.5 Å². The Kier molecular flexibility index (Phi) is 4.29. The number of methoxy groups -OCH3 is 1. The normalized spacial score (nSPS) is 31.3. The summed E-state index contributed by atoms with van der Waals surface area (Å²) in [5.74, 6) is 1.94. The highest BCUT2D eigenvalue weighted by molar-refractivity contribution is 6.31. The number of aromatic nitrogens is 1. The number of hydrogen-bond donors (Lipinski definition) is 1. The Morgan fingerprint density at radius 3 is 2.95 bits per heavy atom. The van der Waals surface area contributed by atoms with Crippen LogP contribution in [0, 0.1) is 17.3 Å². The zero-order valence-corrected chi connectivity index (χ0v) is 12.8. The van der Waals surface area contributed by atoms with E-state index >= 15 is 0 Å². The van der Waals surface area contributed by atoms with Gasteiger partial charge >= 0.3 is 0 Å². The number of halogens is 1. The number of pyridine rings is 1. The standard InChI is InChI=1S/C16H23ClN2O/c1-20-5-4-19-11-16(8-13-6-14(13)9-16)7-12-2-3-18-10-15(12)17/h2-3,10,13-14,19H,4-9,11H2,1H3. The average molecular weight is 295 g/mol. The van der Waals surface area contributed by atoms with Crippen molar-refractivity contribution in [3.8, 4) is 0 Å². The van der Waals surface area contributed by atoms with Crippen LogP contribution in [0.3, 0.4) is 0 Å². The molecule has 2 fully saturated rings. The first-order chi connectivity index (χ1) is 9.72. The molecule has 0 aromatic carbocycles. The molecule has 0 aliphatic heterocycles. The molecule has 2 unspecified atom stereocenters. The Balaban J connectivity index is 1.65. The van der Waals surface area contributed by atoms with Crippen LogP contribution in [0.2, 0.25) is 5.02 Å². The molecule has 4 heteroatoms. The van der Waals surface area contributed by atoms with Gasteiger partial charge in [0.05, 0.1) is 11.6 Å².